The minimum Gasteiger partial charge on any atom is -0.314 e. The molecule has 1 aromatic carbocycles. The SMILES string of the molecule is Clc1cccc(SCCC2CCCN2)c1. The Morgan fingerprint density at radius 3 is 3.13 bits per heavy atom. The van der Waals surface area contributed by atoms with Crippen LogP contribution in [-0.2, 0) is 0 Å². The Labute approximate surface area is 101 Å². The Morgan fingerprint density at radius 2 is 2.40 bits per heavy atom. The van der Waals surface area contributed by atoms with Gasteiger partial charge in [0.25, 0.3) is 0 Å². The molecular weight excluding hydrogens is 226 g/mol. The minimum absolute atomic E-state index is 0.747. The highest BCUT2D eigenvalue weighted by molar-refractivity contribution is 7.99. The topological polar surface area (TPSA) is 12.0 Å². The molecule has 2 rings (SSSR count). The third-order valence-electron chi connectivity index (χ3n) is 2.69. The Bertz CT molecular complexity index is 310. The zero-order chi connectivity index (χ0) is 10.5. The molecular formula is C12H16ClNS. The van der Waals surface area contributed by atoms with E-state index in [2.05, 4.69) is 11.4 Å². The van der Waals surface area contributed by atoms with Crippen LogP contribution in [0.4, 0.5) is 0 Å². The highest BCUT2D eigenvalue weighted by Crippen LogP contribution is 2.23. The fourth-order valence-electron chi connectivity index (χ4n) is 1.88. The molecule has 0 spiro atoms. The maximum absolute atomic E-state index is 5.93. The van der Waals surface area contributed by atoms with Crippen LogP contribution < -0.4 is 5.32 Å². The van der Waals surface area contributed by atoms with Crippen molar-refractivity contribution in [3.05, 3.63) is 29.3 Å². The summed E-state index contributed by atoms with van der Waals surface area (Å²) in [5.41, 5.74) is 0. The van der Waals surface area contributed by atoms with Crippen LogP contribution in [-0.4, -0.2) is 18.3 Å². The first-order valence-electron chi connectivity index (χ1n) is 5.46. The molecule has 1 aliphatic heterocycles. The van der Waals surface area contributed by atoms with Crippen LogP contribution in [0.25, 0.3) is 0 Å². The second-order valence-corrected chi connectivity index (χ2v) is 5.49. The van der Waals surface area contributed by atoms with Crippen molar-refractivity contribution in [3.8, 4) is 0 Å². The van der Waals surface area contributed by atoms with Crippen molar-refractivity contribution in [2.45, 2.75) is 30.2 Å². The van der Waals surface area contributed by atoms with Crippen molar-refractivity contribution in [1.82, 2.24) is 5.32 Å². The molecule has 3 heteroatoms. The lowest BCUT2D eigenvalue weighted by atomic mass is 10.2. The predicted octanol–water partition coefficient (Wildman–Crippen LogP) is 3.57. The average molecular weight is 242 g/mol. The van der Waals surface area contributed by atoms with Crippen molar-refractivity contribution in [2.24, 2.45) is 0 Å². The van der Waals surface area contributed by atoms with Gasteiger partial charge in [0.2, 0.25) is 0 Å². The Hall–Kier alpha value is -0.180. The van der Waals surface area contributed by atoms with Gasteiger partial charge in [-0.3, -0.25) is 0 Å². The number of benzene rings is 1. The third kappa shape index (κ3) is 3.71. The summed E-state index contributed by atoms with van der Waals surface area (Å²) in [7, 11) is 0. The third-order valence-corrected chi connectivity index (χ3v) is 3.96. The molecule has 1 fully saturated rings. The van der Waals surface area contributed by atoms with Gasteiger partial charge in [0.1, 0.15) is 0 Å². The number of hydrogen-bond donors (Lipinski definition) is 1. The fourth-order valence-corrected chi connectivity index (χ4v) is 3.16. The summed E-state index contributed by atoms with van der Waals surface area (Å²) in [6.07, 6.45) is 3.94. The molecule has 1 N–H and O–H groups in total. The zero-order valence-electron chi connectivity index (χ0n) is 8.71. The molecule has 1 saturated heterocycles. The number of rotatable bonds is 4. The molecule has 1 aromatic rings. The van der Waals surface area contributed by atoms with Gasteiger partial charge in [0.15, 0.2) is 0 Å². The number of hydrogen-bond acceptors (Lipinski definition) is 2. The number of halogens is 1. The van der Waals surface area contributed by atoms with Crippen molar-refractivity contribution in [1.29, 1.82) is 0 Å². The molecule has 1 aliphatic rings. The molecule has 1 atom stereocenters. The van der Waals surface area contributed by atoms with Gasteiger partial charge in [-0.25, -0.2) is 0 Å². The molecule has 1 nitrogen and oxygen atoms in total. The second kappa shape index (κ2) is 5.78. The molecule has 82 valence electrons. The summed E-state index contributed by atoms with van der Waals surface area (Å²) >= 11 is 7.82. The highest BCUT2D eigenvalue weighted by atomic mass is 35.5. The van der Waals surface area contributed by atoms with Crippen LogP contribution >= 0.6 is 23.4 Å². The lowest BCUT2D eigenvalue weighted by Gasteiger charge is -2.09. The molecule has 1 unspecified atom stereocenters. The number of thioether (sulfide) groups is 1. The molecule has 0 aliphatic carbocycles. The quantitative estimate of drug-likeness (QED) is 0.809. The van der Waals surface area contributed by atoms with Crippen LogP contribution in [0.1, 0.15) is 19.3 Å². The number of nitrogens with one attached hydrogen (secondary N) is 1. The highest BCUT2D eigenvalue weighted by Gasteiger charge is 2.12. The second-order valence-electron chi connectivity index (χ2n) is 3.89. The summed E-state index contributed by atoms with van der Waals surface area (Å²) in [5.74, 6) is 1.18. The summed E-state index contributed by atoms with van der Waals surface area (Å²) in [6, 6.07) is 8.84. The van der Waals surface area contributed by atoms with E-state index < -0.39 is 0 Å². The maximum atomic E-state index is 5.93. The Morgan fingerprint density at radius 1 is 1.47 bits per heavy atom. The lowest BCUT2D eigenvalue weighted by Crippen LogP contribution is -2.21. The standard InChI is InChI=1S/C12H16ClNS/c13-10-3-1-5-12(9-10)15-8-6-11-4-2-7-14-11/h1,3,5,9,11,14H,2,4,6-8H2. The molecule has 15 heavy (non-hydrogen) atoms. The predicted molar refractivity (Wildman–Crippen MR) is 67.8 cm³/mol. The van der Waals surface area contributed by atoms with Crippen LogP contribution in [0.15, 0.2) is 29.2 Å². The van der Waals surface area contributed by atoms with E-state index in [1.54, 1.807) is 0 Å². The molecule has 1 heterocycles. The van der Waals surface area contributed by atoms with Gasteiger partial charge in [-0.15, -0.1) is 11.8 Å². The van der Waals surface area contributed by atoms with E-state index in [4.69, 9.17) is 11.6 Å². The van der Waals surface area contributed by atoms with Crippen molar-refractivity contribution < 1.29 is 0 Å². The molecule has 0 bridgehead atoms. The van der Waals surface area contributed by atoms with Crippen molar-refractivity contribution in [3.63, 3.8) is 0 Å². The average Bonchev–Trinajstić information content (AvgIpc) is 2.71. The summed E-state index contributed by atoms with van der Waals surface area (Å²) in [5, 5.41) is 4.35. The van der Waals surface area contributed by atoms with Gasteiger partial charge in [0.05, 0.1) is 0 Å². The Balaban J connectivity index is 1.73. The largest absolute Gasteiger partial charge is 0.314 e. The normalized spacial score (nSPS) is 20.7. The summed E-state index contributed by atoms with van der Waals surface area (Å²) < 4.78 is 0. The fraction of sp³-hybridized carbons (Fsp3) is 0.500. The van der Waals surface area contributed by atoms with E-state index in [9.17, 15) is 0 Å². The van der Waals surface area contributed by atoms with Crippen LogP contribution in [0, 0.1) is 0 Å². The van der Waals surface area contributed by atoms with Crippen LogP contribution in [0.3, 0.4) is 0 Å². The smallest absolute Gasteiger partial charge is 0.0417 e. The van der Waals surface area contributed by atoms with Crippen molar-refractivity contribution in [2.75, 3.05) is 12.3 Å². The van der Waals surface area contributed by atoms with Gasteiger partial charge in [-0.1, -0.05) is 17.7 Å². The summed E-state index contributed by atoms with van der Waals surface area (Å²) in [4.78, 5) is 1.28. The van der Waals surface area contributed by atoms with Gasteiger partial charge in [-0.2, -0.15) is 0 Å². The van der Waals surface area contributed by atoms with Crippen LogP contribution in [0.2, 0.25) is 5.02 Å². The lowest BCUT2D eigenvalue weighted by molar-refractivity contribution is 0.592. The molecule has 0 radical (unpaired) electrons. The first-order valence-corrected chi connectivity index (χ1v) is 6.83. The van der Waals surface area contributed by atoms with E-state index in [0.29, 0.717) is 0 Å². The van der Waals surface area contributed by atoms with E-state index in [0.717, 1.165) is 11.1 Å². The minimum atomic E-state index is 0.747. The Kier molecular flexibility index (Phi) is 4.36. The monoisotopic (exact) mass is 241 g/mol. The van der Waals surface area contributed by atoms with Crippen LogP contribution in [0.5, 0.6) is 0 Å². The first kappa shape index (κ1) is 11.3. The van der Waals surface area contributed by atoms with Gasteiger partial charge in [0, 0.05) is 16.0 Å². The summed E-state index contributed by atoms with van der Waals surface area (Å²) in [6.45, 7) is 1.20. The maximum Gasteiger partial charge on any atom is 0.0417 e. The molecule has 0 aromatic heterocycles. The van der Waals surface area contributed by atoms with Gasteiger partial charge in [-0.05, 0) is 49.8 Å². The van der Waals surface area contributed by atoms with E-state index in [-0.39, 0.29) is 0 Å². The van der Waals surface area contributed by atoms with Crippen molar-refractivity contribution >= 4 is 23.4 Å². The van der Waals surface area contributed by atoms with E-state index in [1.165, 1.54) is 36.5 Å². The van der Waals surface area contributed by atoms with Gasteiger partial charge < -0.3 is 5.32 Å². The first-order chi connectivity index (χ1) is 7.34. The molecule has 0 saturated carbocycles. The van der Waals surface area contributed by atoms with Gasteiger partial charge >= 0.3 is 0 Å². The van der Waals surface area contributed by atoms with E-state index in [1.807, 2.05) is 30.0 Å². The molecule has 0 amide bonds. The van der Waals surface area contributed by atoms with E-state index >= 15 is 0 Å². The zero-order valence-corrected chi connectivity index (χ0v) is 10.3.